The third-order valence-electron chi connectivity index (χ3n) is 5.90. The molecule has 194 valence electrons. The number of hydrogen-bond acceptors (Lipinski definition) is 2. The average Bonchev–Trinajstić information content (AvgIpc) is 2.97. The van der Waals surface area contributed by atoms with Crippen LogP contribution in [0, 0.1) is 0 Å². The highest BCUT2D eigenvalue weighted by molar-refractivity contribution is 5.69. The van der Waals surface area contributed by atoms with Crippen LogP contribution in [0.3, 0.4) is 0 Å². The molecule has 2 nitrogen and oxygen atoms in total. The van der Waals surface area contributed by atoms with E-state index < -0.39 is 0 Å². The molecule has 0 heterocycles. The van der Waals surface area contributed by atoms with E-state index in [9.17, 15) is 0 Å². The second-order valence-electron chi connectivity index (χ2n) is 8.31. The molecule has 2 aromatic rings. The van der Waals surface area contributed by atoms with Gasteiger partial charge in [0.05, 0.1) is 0 Å². The van der Waals surface area contributed by atoms with Gasteiger partial charge < -0.3 is 9.80 Å². The summed E-state index contributed by atoms with van der Waals surface area (Å²) in [5, 5.41) is 0. The van der Waals surface area contributed by atoms with Gasteiger partial charge in [-0.15, -0.1) is 0 Å². The fraction of sp³-hybridized carbons (Fsp3) is 0.111. The van der Waals surface area contributed by atoms with Gasteiger partial charge >= 0.3 is 0 Å². The van der Waals surface area contributed by atoms with Crippen LogP contribution in [0.1, 0.15) is 38.3 Å². The molecule has 0 atom stereocenters. The Morgan fingerprint density at radius 1 is 0.658 bits per heavy atom. The Bertz CT molecular complexity index is 1280. The van der Waals surface area contributed by atoms with Gasteiger partial charge in [-0.25, -0.2) is 0 Å². The quantitative estimate of drug-likeness (QED) is 0.238. The Morgan fingerprint density at radius 2 is 1.13 bits per heavy atom. The smallest absolute Gasteiger partial charge is 0.0476 e. The summed E-state index contributed by atoms with van der Waals surface area (Å²) >= 11 is 0. The zero-order valence-electron chi connectivity index (χ0n) is 23.1. The molecule has 38 heavy (non-hydrogen) atoms. The molecule has 0 aromatic heterocycles. The van der Waals surface area contributed by atoms with Crippen LogP contribution in [0.5, 0.6) is 0 Å². The summed E-state index contributed by atoms with van der Waals surface area (Å²) in [5.41, 5.74) is 7.94. The standard InChI is InChI=1S/C36H40N2/c1-9-17-19-32(14-6)38(36-26-22-30(12-4)23-27-36)34(16-8)28-33(15-7)37(31(13-5)18-10-2)35-24-20-29(11-3)21-25-35/h9,11-28H,3-7,10H2,1-2,8H3/b17-9-,31-18+,32-19+,33-28+,34-16+. The number of anilines is 2. The Kier molecular flexibility index (Phi) is 12.1. The molecule has 0 spiro atoms. The van der Waals surface area contributed by atoms with Crippen LogP contribution < -0.4 is 9.80 Å². The summed E-state index contributed by atoms with van der Waals surface area (Å²) in [7, 11) is 0. The second kappa shape index (κ2) is 15.5. The van der Waals surface area contributed by atoms with Gasteiger partial charge in [0.2, 0.25) is 0 Å². The molecule has 0 saturated heterocycles. The second-order valence-corrected chi connectivity index (χ2v) is 8.31. The average molecular weight is 501 g/mol. The first kappa shape index (κ1) is 29.7. The van der Waals surface area contributed by atoms with E-state index in [1.807, 2.05) is 56.4 Å². The van der Waals surface area contributed by atoms with Crippen LogP contribution in [0.4, 0.5) is 11.4 Å². The van der Waals surface area contributed by atoms with Crippen molar-refractivity contribution in [2.45, 2.75) is 27.2 Å². The van der Waals surface area contributed by atoms with Crippen LogP contribution in [0.15, 0.2) is 159 Å². The summed E-state index contributed by atoms with van der Waals surface area (Å²) in [6.07, 6.45) is 22.6. The number of benzene rings is 2. The van der Waals surface area contributed by atoms with Crippen molar-refractivity contribution in [1.82, 2.24) is 0 Å². The zero-order valence-corrected chi connectivity index (χ0v) is 23.1. The summed E-state index contributed by atoms with van der Waals surface area (Å²) in [6.45, 7) is 26.3. The van der Waals surface area contributed by atoms with E-state index in [0.717, 1.165) is 51.7 Å². The molecule has 0 fully saturated rings. The van der Waals surface area contributed by atoms with Crippen LogP contribution in [-0.4, -0.2) is 0 Å². The lowest BCUT2D eigenvalue weighted by Gasteiger charge is -2.31. The molecule has 0 aliphatic carbocycles. The first-order valence-electron chi connectivity index (χ1n) is 12.8. The van der Waals surface area contributed by atoms with Gasteiger partial charge in [0, 0.05) is 34.2 Å². The van der Waals surface area contributed by atoms with Crippen molar-refractivity contribution >= 4 is 23.5 Å². The van der Waals surface area contributed by atoms with Crippen molar-refractivity contribution in [2.24, 2.45) is 0 Å². The van der Waals surface area contributed by atoms with Crippen molar-refractivity contribution in [1.29, 1.82) is 0 Å². The Balaban J connectivity index is 2.80. The third kappa shape index (κ3) is 7.47. The van der Waals surface area contributed by atoms with Crippen molar-refractivity contribution in [3.05, 3.63) is 170 Å². The molecule has 2 rings (SSSR count). The first-order valence-corrected chi connectivity index (χ1v) is 12.8. The van der Waals surface area contributed by atoms with Gasteiger partial charge in [-0.2, -0.15) is 0 Å². The molecule has 0 bridgehead atoms. The highest BCUT2D eigenvalue weighted by Gasteiger charge is 2.18. The van der Waals surface area contributed by atoms with E-state index in [0.29, 0.717) is 0 Å². The summed E-state index contributed by atoms with van der Waals surface area (Å²) in [4.78, 5) is 4.35. The van der Waals surface area contributed by atoms with Crippen LogP contribution in [-0.2, 0) is 0 Å². The fourth-order valence-electron chi connectivity index (χ4n) is 3.96. The minimum absolute atomic E-state index is 0.873. The lowest BCUT2D eigenvalue weighted by Crippen LogP contribution is -2.24. The molecule has 0 saturated carbocycles. The van der Waals surface area contributed by atoms with Crippen LogP contribution in [0.2, 0.25) is 0 Å². The van der Waals surface area contributed by atoms with Gasteiger partial charge in [0.25, 0.3) is 0 Å². The van der Waals surface area contributed by atoms with Gasteiger partial charge in [0.15, 0.2) is 0 Å². The number of rotatable bonds is 14. The Morgan fingerprint density at radius 3 is 1.50 bits per heavy atom. The Labute approximate surface area is 230 Å². The highest BCUT2D eigenvalue weighted by Crippen LogP contribution is 2.31. The van der Waals surface area contributed by atoms with Gasteiger partial charge in [-0.1, -0.05) is 101 Å². The maximum absolute atomic E-state index is 4.18. The molecular weight excluding hydrogens is 460 g/mol. The molecule has 0 amide bonds. The largest absolute Gasteiger partial charge is 0.311 e. The van der Waals surface area contributed by atoms with E-state index >= 15 is 0 Å². The fourth-order valence-corrected chi connectivity index (χ4v) is 3.96. The molecular formula is C36H40N2. The molecule has 0 aliphatic rings. The third-order valence-corrected chi connectivity index (χ3v) is 5.90. The number of nitrogens with zero attached hydrogens (tertiary/aromatic N) is 2. The van der Waals surface area contributed by atoms with E-state index in [4.69, 9.17) is 0 Å². The van der Waals surface area contributed by atoms with E-state index in [1.54, 1.807) is 0 Å². The van der Waals surface area contributed by atoms with Crippen LogP contribution in [0.25, 0.3) is 12.2 Å². The lowest BCUT2D eigenvalue weighted by molar-refractivity contribution is 1.08. The Hall–Kier alpha value is -4.56. The van der Waals surface area contributed by atoms with E-state index in [2.05, 4.69) is 122 Å². The van der Waals surface area contributed by atoms with Crippen molar-refractivity contribution in [3.8, 4) is 0 Å². The number of allylic oxidation sites excluding steroid dienone is 9. The SMILES string of the molecule is C=C/C(=C\CC)N(/C(C=C)=C/C(=C\C)N(/C(C=C)=C/C=C\C)c1ccc(C=C)cc1)c1ccc(C=C)cc1. The summed E-state index contributed by atoms with van der Waals surface area (Å²) in [6, 6.07) is 16.6. The predicted molar refractivity (Wildman–Crippen MR) is 172 cm³/mol. The van der Waals surface area contributed by atoms with Gasteiger partial charge in [-0.3, -0.25) is 0 Å². The summed E-state index contributed by atoms with van der Waals surface area (Å²) in [5.74, 6) is 0. The minimum atomic E-state index is 0.873. The zero-order chi connectivity index (χ0) is 27.9. The maximum atomic E-state index is 4.18. The van der Waals surface area contributed by atoms with Crippen LogP contribution >= 0.6 is 0 Å². The molecule has 0 radical (unpaired) electrons. The topological polar surface area (TPSA) is 6.48 Å². The normalized spacial score (nSPS) is 12.7. The minimum Gasteiger partial charge on any atom is -0.311 e. The first-order chi connectivity index (χ1) is 18.5. The summed E-state index contributed by atoms with van der Waals surface area (Å²) < 4.78 is 0. The predicted octanol–water partition coefficient (Wildman–Crippen LogP) is 10.4. The van der Waals surface area contributed by atoms with Gasteiger partial charge in [-0.05, 0) is 86.0 Å². The molecule has 0 unspecified atom stereocenters. The molecule has 2 heteroatoms. The monoisotopic (exact) mass is 500 g/mol. The maximum Gasteiger partial charge on any atom is 0.0476 e. The molecule has 2 aromatic carbocycles. The van der Waals surface area contributed by atoms with Crippen molar-refractivity contribution in [2.75, 3.05) is 9.80 Å². The van der Waals surface area contributed by atoms with E-state index in [-0.39, 0.29) is 0 Å². The van der Waals surface area contributed by atoms with E-state index in [1.165, 1.54) is 0 Å². The van der Waals surface area contributed by atoms with Gasteiger partial charge in [0.1, 0.15) is 0 Å². The highest BCUT2D eigenvalue weighted by atomic mass is 15.2. The van der Waals surface area contributed by atoms with Crippen molar-refractivity contribution in [3.63, 3.8) is 0 Å². The molecule has 0 N–H and O–H groups in total. The molecule has 0 aliphatic heterocycles. The number of hydrogen-bond donors (Lipinski definition) is 0. The lowest BCUT2D eigenvalue weighted by atomic mass is 10.1. The van der Waals surface area contributed by atoms with Crippen molar-refractivity contribution < 1.29 is 0 Å².